The van der Waals surface area contributed by atoms with Crippen LogP contribution in [0.15, 0.2) is 24.3 Å². The molecule has 0 spiro atoms. The van der Waals surface area contributed by atoms with Crippen LogP contribution in [0.3, 0.4) is 0 Å². The van der Waals surface area contributed by atoms with Gasteiger partial charge >= 0.3 is 0 Å². The van der Waals surface area contributed by atoms with E-state index in [0.29, 0.717) is 12.1 Å². The predicted octanol–water partition coefficient (Wildman–Crippen LogP) is 4.25. The number of nitrogens with one attached hydrogen (secondary N) is 1. The maximum Gasteiger partial charge on any atom is 0.0665 e. The zero-order chi connectivity index (χ0) is 13.9. The Bertz CT molecular complexity index is 413. The molecule has 1 aromatic rings. The smallest absolute Gasteiger partial charge is 0.0665 e. The lowest BCUT2D eigenvalue weighted by atomic mass is 9.64. The van der Waals surface area contributed by atoms with Crippen molar-refractivity contribution in [1.82, 2.24) is 0 Å². The Morgan fingerprint density at radius 2 is 2.00 bits per heavy atom. The van der Waals surface area contributed by atoms with Crippen LogP contribution in [-0.2, 0) is 11.2 Å². The maximum absolute atomic E-state index is 5.80. The summed E-state index contributed by atoms with van der Waals surface area (Å²) in [6.07, 6.45) is 3.84. The molecule has 0 aliphatic heterocycles. The SMILES string of the molecule is CCCc1ccccc1NC1CC(OCC)C1(C)C. The Balaban J connectivity index is 2.03. The molecule has 0 saturated heterocycles. The Hall–Kier alpha value is -1.02. The van der Waals surface area contributed by atoms with Gasteiger partial charge in [-0.05, 0) is 31.4 Å². The first-order chi connectivity index (χ1) is 9.09. The topological polar surface area (TPSA) is 21.3 Å². The second-order valence-corrected chi connectivity index (χ2v) is 6.11. The first kappa shape index (κ1) is 14.4. The van der Waals surface area contributed by atoms with Crippen LogP contribution in [0.1, 0.15) is 46.1 Å². The van der Waals surface area contributed by atoms with Gasteiger partial charge in [-0.15, -0.1) is 0 Å². The number of hydrogen-bond donors (Lipinski definition) is 1. The van der Waals surface area contributed by atoms with Crippen molar-refractivity contribution in [1.29, 1.82) is 0 Å². The standard InChI is InChI=1S/C17H27NO/c1-5-9-13-10-7-8-11-14(13)18-15-12-16(19-6-2)17(15,3)4/h7-8,10-11,15-16,18H,5-6,9,12H2,1-4H3. The lowest BCUT2D eigenvalue weighted by Gasteiger charge is -2.52. The molecule has 0 heterocycles. The van der Waals surface area contributed by atoms with Crippen molar-refractivity contribution < 1.29 is 4.74 Å². The minimum absolute atomic E-state index is 0.218. The normalized spacial score (nSPS) is 24.8. The van der Waals surface area contributed by atoms with E-state index < -0.39 is 0 Å². The first-order valence-electron chi connectivity index (χ1n) is 7.55. The number of rotatable bonds is 6. The molecule has 1 aromatic carbocycles. The fourth-order valence-electron chi connectivity index (χ4n) is 2.95. The van der Waals surface area contributed by atoms with Crippen molar-refractivity contribution in [2.45, 2.75) is 59.1 Å². The van der Waals surface area contributed by atoms with Crippen LogP contribution in [0.25, 0.3) is 0 Å². The molecule has 1 aliphatic rings. The minimum Gasteiger partial charge on any atom is -0.381 e. The van der Waals surface area contributed by atoms with E-state index in [2.05, 4.69) is 57.3 Å². The van der Waals surface area contributed by atoms with Gasteiger partial charge in [-0.3, -0.25) is 0 Å². The summed E-state index contributed by atoms with van der Waals surface area (Å²) >= 11 is 0. The number of anilines is 1. The number of para-hydroxylation sites is 1. The van der Waals surface area contributed by atoms with Gasteiger partial charge in [0, 0.05) is 23.8 Å². The molecule has 0 amide bonds. The van der Waals surface area contributed by atoms with E-state index in [1.165, 1.54) is 17.7 Å². The van der Waals surface area contributed by atoms with Crippen molar-refractivity contribution >= 4 is 5.69 Å². The fourth-order valence-corrected chi connectivity index (χ4v) is 2.95. The van der Waals surface area contributed by atoms with Crippen molar-refractivity contribution in [2.24, 2.45) is 5.41 Å². The van der Waals surface area contributed by atoms with E-state index in [0.717, 1.165) is 19.4 Å². The van der Waals surface area contributed by atoms with Crippen LogP contribution in [0, 0.1) is 5.41 Å². The molecule has 1 fully saturated rings. The highest BCUT2D eigenvalue weighted by Crippen LogP contribution is 2.44. The zero-order valence-corrected chi connectivity index (χ0v) is 12.7. The Labute approximate surface area is 117 Å². The van der Waals surface area contributed by atoms with Gasteiger partial charge in [0.05, 0.1) is 6.10 Å². The molecule has 1 saturated carbocycles. The number of ether oxygens (including phenoxy) is 1. The molecule has 1 aliphatic carbocycles. The Morgan fingerprint density at radius 1 is 1.26 bits per heavy atom. The van der Waals surface area contributed by atoms with Gasteiger partial charge < -0.3 is 10.1 Å². The van der Waals surface area contributed by atoms with Crippen LogP contribution in [0.4, 0.5) is 5.69 Å². The molecule has 2 heteroatoms. The quantitative estimate of drug-likeness (QED) is 0.826. The third-order valence-corrected chi connectivity index (χ3v) is 4.41. The molecule has 1 N–H and O–H groups in total. The summed E-state index contributed by atoms with van der Waals surface area (Å²) in [5.41, 5.74) is 2.95. The van der Waals surface area contributed by atoms with E-state index in [9.17, 15) is 0 Å². The molecule has 19 heavy (non-hydrogen) atoms. The molecule has 0 bridgehead atoms. The third kappa shape index (κ3) is 2.94. The van der Waals surface area contributed by atoms with Gasteiger partial charge in [0.2, 0.25) is 0 Å². The van der Waals surface area contributed by atoms with Gasteiger partial charge in [0.15, 0.2) is 0 Å². The summed E-state index contributed by atoms with van der Waals surface area (Å²) in [7, 11) is 0. The number of aryl methyl sites for hydroxylation is 1. The highest BCUT2D eigenvalue weighted by atomic mass is 16.5. The Morgan fingerprint density at radius 3 is 2.63 bits per heavy atom. The van der Waals surface area contributed by atoms with E-state index in [-0.39, 0.29) is 5.41 Å². The molecule has 2 unspecified atom stereocenters. The summed E-state index contributed by atoms with van der Waals surface area (Å²) in [5.74, 6) is 0. The number of benzene rings is 1. The summed E-state index contributed by atoms with van der Waals surface area (Å²) in [4.78, 5) is 0. The van der Waals surface area contributed by atoms with Crippen LogP contribution >= 0.6 is 0 Å². The molecule has 2 rings (SSSR count). The van der Waals surface area contributed by atoms with E-state index in [4.69, 9.17) is 4.74 Å². The fraction of sp³-hybridized carbons (Fsp3) is 0.647. The van der Waals surface area contributed by atoms with Crippen molar-refractivity contribution in [3.8, 4) is 0 Å². The van der Waals surface area contributed by atoms with E-state index in [1.807, 2.05) is 0 Å². The monoisotopic (exact) mass is 261 g/mol. The van der Waals surface area contributed by atoms with Gasteiger partial charge in [-0.2, -0.15) is 0 Å². The van der Waals surface area contributed by atoms with Crippen LogP contribution in [-0.4, -0.2) is 18.8 Å². The van der Waals surface area contributed by atoms with Gasteiger partial charge in [0.1, 0.15) is 0 Å². The molecule has 2 nitrogen and oxygen atoms in total. The van der Waals surface area contributed by atoms with E-state index in [1.54, 1.807) is 0 Å². The average molecular weight is 261 g/mol. The number of hydrogen-bond acceptors (Lipinski definition) is 2. The largest absolute Gasteiger partial charge is 0.381 e. The highest BCUT2D eigenvalue weighted by Gasteiger charge is 2.48. The zero-order valence-electron chi connectivity index (χ0n) is 12.7. The molecular weight excluding hydrogens is 234 g/mol. The van der Waals surface area contributed by atoms with Gasteiger partial charge in [0.25, 0.3) is 0 Å². The van der Waals surface area contributed by atoms with Crippen LogP contribution in [0.2, 0.25) is 0 Å². The average Bonchev–Trinajstić information content (AvgIpc) is 2.40. The molecule has 0 radical (unpaired) electrons. The predicted molar refractivity (Wildman–Crippen MR) is 81.7 cm³/mol. The van der Waals surface area contributed by atoms with Gasteiger partial charge in [-0.1, -0.05) is 45.4 Å². The third-order valence-electron chi connectivity index (χ3n) is 4.41. The molecule has 106 valence electrons. The maximum atomic E-state index is 5.80. The molecular formula is C17H27NO. The highest BCUT2D eigenvalue weighted by molar-refractivity contribution is 5.52. The van der Waals surface area contributed by atoms with Crippen molar-refractivity contribution in [3.63, 3.8) is 0 Å². The lowest BCUT2D eigenvalue weighted by Crippen LogP contribution is -2.58. The minimum atomic E-state index is 0.218. The lowest BCUT2D eigenvalue weighted by molar-refractivity contribution is -0.0976. The molecule has 2 atom stereocenters. The van der Waals surface area contributed by atoms with Crippen molar-refractivity contribution in [2.75, 3.05) is 11.9 Å². The molecule has 0 aromatic heterocycles. The summed E-state index contributed by atoms with van der Waals surface area (Å²) < 4.78 is 5.80. The summed E-state index contributed by atoms with van der Waals surface area (Å²) in [5, 5.41) is 3.73. The van der Waals surface area contributed by atoms with E-state index >= 15 is 0 Å². The van der Waals surface area contributed by atoms with Crippen LogP contribution in [0.5, 0.6) is 0 Å². The second-order valence-electron chi connectivity index (χ2n) is 6.11. The van der Waals surface area contributed by atoms with Gasteiger partial charge in [-0.25, -0.2) is 0 Å². The first-order valence-corrected chi connectivity index (χ1v) is 7.55. The summed E-state index contributed by atoms with van der Waals surface area (Å²) in [6.45, 7) is 9.73. The second kappa shape index (κ2) is 5.96. The summed E-state index contributed by atoms with van der Waals surface area (Å²) in [6, 6.07) is 9.20. The van der Waals surface area contributed by atoms with Crippen LogP contribution < -0.4 is 5.32 Å². The van der Waals surface area contributed by atoms with Crippen molar-refractivity contribution in [3.05, 3.63) is 29.8 Å². The Kier molecular flexibility index (Phi) is 4.51.